The summed E-state index contributed by atoms with van der Waals surface area (Å²) in [5.74, 6) is 0.00548. The van der Waals surface area contributed by atoms with Crippen molar-refractivity contribution in [1.82, 2.24) is 19.7 Å². The summed E-state index contributed by atoms with van der Waals surface area (Å²) in [6.07, 6.45) is 4.44. The number of amides is 1. The first-order valence-electron chi connectivity index (χ1n) is 9.53. The van der Waals surface area contributed by atoms with Gasteiger partial charge in [-0.1, -0.05) is 23.7 Å². The maximum atomic E-state index is 12.5. The van der Waals surface area contributed by atoms with E-state index in [-0.39, 0.29) is 23.3 Å². The van der Waals surface area contributed by atoms with Crippen LogP contribution >= 0.6 is 11.6 Å². The molecule has 0 radical (unpaired) electrons. The predicted molar refractivity (Wildman–Crippen MR) is 122 cm³/mol. The Hall–Kier alpha value is -3.96. The standard InChI is InChI=1S/C21H17ClN6O4S/c22-17-4-1-2-5-19(17)32-14-28-13-10-18(26-28)20(29)25-15-6-8-16(9-7-15)33(30,31)27-21-23-11-3-12-24-21/h1-13H,14H2,(H,25,29)(H,23,24,27). The molecule has 2 N–H and O–H groups in total. The van der Waals surface area contributed by atoms with Crippen LogP contribution in [0.3, 0.4) is 0 Å². The van der Waals surface area contributed by atoms with E-state index < -0.39 is 15.9 Å². The minimum Gasteiger partial charge on any atom is -0.470 e. The number of nitrogens with one attached hydrogen (secondary N) is 2. The van der Waals surface area contributed by atoms with Crippen molar-refractivity contribution in [2.45, 2.75) is 11.6 Å². The quantitative estimate of drug-likeness (QED) is 0.392. The van der Waals surface area contributed by atoms with E-state index in [4.69, 9.17) is 16.3 Å². The SMILES string of the molecule is O=C(Nc1ccc(S(=O)(=O)Nc2ncccn2)cc1)c1ccn(COc2ccccc2Cl)n1. The lowest BCUT2D eigenvalue weighted by atomic mass is 10.3. The van der Waals surface area contributed by atoms with Gasteiger partial charge in [0, 0.05) is 24.3 Å². The largest absolute Gasteiger partial charge is 0.470 e. The fraction of sp³-hybridized carbons (Fsp3) is 0.0476. The van der Waals surface area contributed by atoms with Gasteiger partial charge in [-0.15, -0.1) is 0 Å². The Labute approximate surface area is 194 Å². The highest BCUT2D eigenvalue weighted by atomic mass is 35.5. The molecule has 0 fully saturated rings. The van der Waals surface area contributed by atoms with Crippen molar-refractivity contribution in [2.24, 2.45) is 0 Å². The molecular weight excluding hydrogens is 468 g/mol. The van der Waals surface area contributed by atoms with Crippen LogP contribution in [-0.2, 0) is 16.8 Å². The number of rotatable bonds is 8. The molecule has 168 valence electrons. The van der Waals surface area contributed by atoms with E-state index in [1.807, 2.05) is 0 Å². The Bertz CT molecular complexity index is 1360. The molecule has 0 saturated heterocycles. The lowest BCUT2D eigenvalue weighted by Crippen LogP contribution is -2.16. The average Bonchev–Trinajstić information content (AvgIpc) is 3.29. The zero-order chi connectivity index (χ0) is 23.3. The summed E-state index contributed by atoms with van der Waals surface area (Å²) < 4.78 is 34.2. The van der Waals surface area contributed by atoms with Crippen LogP contribution in [0.5, 0.6) is 5.75 Å². The van der Waals surface area contributed by atoms with Gasteiger partial charge in [0.25, 0.3) is 15.9 Å². The lowest BCUT2D eigenvalue weighted by Gasteiger charge is -2.08. The number of ether oxygens (including phenoxy) is 1. The minimum atomic E-state index is -3.87. The van der Waals surface area contributed by atoms with Gasteiger partial charge in [-0.25, -0.2) is 27.8 Å². The molecule has 0 aliphatic rings. The molecule has 33 heavy (non-hydrogen) atoms. The minimum absolute atomic E-state index is 0.00560. The van der Waals surface area contributed by atoms with E-state index in [1.165, 1.54) is 47.4 Å². The molecule has 0 atom stereocenters. The summed E-state index contributed by atoms with van der Waals surface area (Å²) in [7, 11) is -3.87. The van der Waals surface area contributed by atoms with Crippen molar-refractivity contribution < 1.29 is 17.9 Å². The number of halogens is 1. The van der Waals surface area contributed by atoms with E-state index in [0.29, 0.717) is 16.5 Å². The summed E-state index contributed by atoms with van der Waals surface area (Å²) in [5, 5.41) is 7.31. The van der Waals surface area contributed by atoms with Gasteiger partial charge >= 0.3 is 0 Å². The van der Waals surface area contributed by atoms with E-state index in [1.54, 1.807) is 36.5 Å². The van der Waals surface area contributed by atoms with Gasteiger partial charge in [0.05, 0.1) is 9.92 Å². The number of anilines is 2. The fourth-order valence-corrected chi connectivity index (χ4v) is 3.84. The number of carbonyl (C=O) groups is 1. The third-order valence-electron chi connectivity index (χ3n) is 4.28. The van der Waals surface area contributed by atoms with E-state index in [2.05, 4.69) is 25.1 Å². The molecule has 0 bridgehead atoms. The highest BCUT2D eigenvalue weighted by molar-refractivity contribution is 7.92. The maximum absolute atomic E-state index is 12.5. The normalized spacial score (nSPS) is 11.1. The number of nitrogens with zero attached hydrogens (tertiary/aromatic N) is 4. The molecule has 1 amide bonds. The Kier molecular flexibility index (Phi) is 6.52. The van der Waals surface area contributed by atoms with Gasteiger partial charge in [-0.05, 0) is 48.5 Å². The van der Waals surface area contributed by atoms with Crippen molar-refractivity contribution in [1.29, 1.82) is 0 Å². The van der Waals surface area contributed by atoms with E-state index in [9.17, 15) is 13.2 Å². The molecule has 2 heterocycles. The van der Waals surface area contributed by atoms with E-state index >= 15 is 0 Å². The highest BCUT2D eigenvalue weighted by Crippen LogP contribution is 2.23. The molecule has 2 aromatic carbocycles. The summed E-state index contributed by atoms with van der Waals surface area (Å²) >= 11 is 6.05. The highest BCUT2D eigenvalue weighted by Gasteiger charge is 2.16. The molecule has 2 aromatic heterocycles. The number of sulfonamides is 1. The van der Waals surface area contributed by atoms with Crippen molar-refractivity contribution in [2.75, 3.05) is 10.0 Å². The third kappa shape index (κ3) is 5.64. The van der Waals surface area contributed by atoms with Gasteiger partial charge < -0.3 is 10.1 Å². The van der Waals surface area contributed by atoms with Crippen LogP contribution in [0, 0.1) is 0 Å². The number of benzene rings is 2. The Morgan fingerprint density at radius 3 is 2.45 bits per heavy atom. The number of carbonyl (C=O) groups excluding carboxylic acids is 1. The van der Waals surface area contributed by atoms with Crippen LogP contribution in [0.15, 0.2) is 84.1 Å². The number of aromatic nitrogens is 4. The van der Waals surface area contributed by atoms with Crippen LogP contribution in [0.25, 0.3) is 0 Å². The molecular formula is C21H17ClN6O4S. The number of hydrogen-bond acceptors (Lipinski definition) is 7. The average molecular weight is 485 g/mol. The monoisotopic (exact) mass is 484 g/mol. The summed E-state index contributed by atoms with van der Waals surface area (Å²) in [6.45, 7) is 0.0711. The first kappa shape index (κ1) is 22.2. The molecule has 0 spiro atoms. The van der Waals surface area contributed by atoms with Crippen molar-refractivity contribution in [3.63, 3.8) is 0 Å². The topological polar surface area (TPSA) is 128 Å². The van der Waals surface area contributed by atoms with E-state index in [0.717, 1.165) is 0 Å². The first-order valence-corrected chi connectivity index (χ1v) is 11.4. The first-order chi connectivity index (χ1) is 15.9. The molecule has 4 aromatic rings. The lowest BCUT2D eigenvalue weighted by molar-refractivity contribution is 0.102. The Morgan fingerprint density at radius 1 is 1.00 bits per heavy atom. The van der Waals surface area contributed by atoms with Gasteiger partial charge in [-0.3, -0.25) is 4.79 Å². The summed E-state index contributed by atoms with van der Waals surface area (Å²) in [6, 6.07) is 15.8. The van der Waals surface area contributed by atoms with Crippen molar-refractivity contribution in [3.05, 3.63) is 90.0 Å². The molecule has 4 rings (SSSR count). The zero-order valence-corrected chi connectivity index (χ0v) is 18.5. The van der Waals surface area contributed by atoms with Crippen LogP contribution in [-0.4, -0.2) is 34.1 Å². The smallest absolute Gasteiger partial charge is 0.276 e. The maximum Gasteiger partial charge on any atom is 0.276 e. The molecule has 0 saturated carbocycles. The molecule has 0 aliphatic heterocycles. The van der Waals surface area contributed by atoms with Crippen LogP contribution < -0.4 is 14.8 Å². The summed E-state index contributed by atoms with van der Waals surface area (Å²) in [4.78, 5) is 20.1. The van der Waals surface area contributed by atoms with Crippen molar-refractivity contribution in [3.8, 4) is 5.75 Å². The zero-order valence-electron chi connectivity index (χ0n) is 16.9. The van der Waals surface area contributed by atoms with Crippen LogP contribution in [0.2, 0.25) is 5.02 Å². The Balaban J connectivity index is 1.36. The molecule has 12 heteroatoms. The fourth-order valence-electron chi connectivity index (χ4n) is 2.70. The van der Waals surface area contributed by atoms with Gasteiger partial charge in [-0.2, -0.15) is 5.10 Å². The second-order valence-electron chi connectivity index (χ2n) is 6.60. The van der Waals surface area contributed by atoms with Gasteiger partial charge in [0.1, 0.15) is 5.75 Å². The molecule has 0 aliphatic carbocycles. The predicted octanol–water partition coefficient (Wildman–Crippen LogP) is 3.42. The second-order valence-corrected chi connectivity index (χ2v) is 8.69. The van der Waals surface area contributed by atoms with Gasteiger partial charge in [0.15, 0.2) is 12.4 Å². The number of hydrogen-bond donors (Lipinski definition) is 2. The summed E-state index contributed by atoms with van der Waals surface area (Å²) in [5.41, 5.74) is 0.564. The van der Waals surface area contributed by atoms with Gasteiger partial charge in [0.2, 0.25) is 5.95 Å². The third-order valence-corrected chi connectivity index (χ3v) is 5.93. The Morgan fingerprint density at radius 2 is 1.73 bits per heavy atom. The number of para-hydroxylation sites is 1. The van der Waals surface area contributed by atoms with Crippen LogP contribution in [0.1, 0.15) is 10.5 Å². The molecule has 0 unspecified atom stereocenters. The molecule has 10 nitrogen and oxygen atoms in total. The van der Waals surface area contributed by atoms with Crippen molar-refractivity contribution >= 4 is 39.2 Å². The van der Waals surface area contributed by atoms with Crippen LogP contribution in [0.4, 0.5) is 11.6 Å². The second kappa shape index (κ2) is 9.67.